The largest absolute Gasteiger partial charge is 0.493 e. The van der Waals surface area contributed by atoms with E-state index in [1.807, 2.05) is 48.5 Å². The molecular weight excluding hydrogens is 380 g/mol. The predicted octanol–water partition coefficient (Wildman–Crippen LogP) is 6.34. The van der Waals surface area contributed by atoms with Gasteiger partial charge in [-0.2, -0.15) is 0 Å². The van der Waals surface area contributed by atoms with E-state index >= 15 is 0 Å². The molecule has 3 aromatic rings. The third kappa shape index (κ3) is 7.50. The Bertz CT molecular complexity index is 1000. The lowest BCUT2D eigenvalue weighted by molar-refractivity contribution is 0.314. The maximum atomic E-state index is 6.02. The van der Waals surface area contributed by atoms with Gasteiger partial charge in [-0.15, -0.1) is 0 Å². The second kappa shape index (κ2) is 11.2. The monoisotopic (exact) mass is 412 g/mol. The molecule has 0 saturated heterocycles. The second-order valence-electron chi connectivity index (χ2n) is 8.47. The summed E-state index contributed by atoms with van der Waals surface area (Å²) in [6.07, 6.45) is 4.81. The van der Waals surface area contributed by atoms with Gasteiger partial charge in [-0.1, -0.05) is 69.4 Å². The van der Waals surface area contributed by atoms with Crippen molar-refractivity contribution in [2.45, 2.75) is 40.0 Å². The molecule has 0 amide bonds. The molecule has 1 N–H and O–H groups in total. The van der Waals surface area contributed by atoms with Crippen LogP contribution in [0.3, 0.4) is 0 Å². The van der Waals surface area contributed by atoms with Gasteiger partial charge in [0.15, 0.2) is 0 Å². The van der Waals surface area contributed by atoms with Crippen molar-refractivity contribution in [3.8, 4) is 17.6 Å². The maximum absolute atomic E-state index is 6.02. The number of pyridine rings is 1. The van der Waals surface area contributed by atoms with Crippen LogP contribution in [0.5, 0.6) is 5.75 Å². The van der Waals surface area contributed by atoms with Crippen molar-refractivity contribution in [2.24, 2.45) is 5.41 Å². The number of anilines is 1. The van der Waals surface area contributed by atoms with Gasteiger partial charge in [0.05, 0.1) is 6.61 Å². The third-order valence-corrected chi connectivity index (χ3v) is 5.38. The van der Waals surface area contributed by atoms with Crippen LogP contribution in [-0.4, -0.2) is 18.1 Å². The van der Waals surface area contributed by atoms with Crippen molar-refractivity contribution >= 4 is 5.82 Å². The summed E-state index contributed by atoms with van der Waals surface area (Å²) in [5.41, 5.74) is 3.59. The van der Waals surface area contributed by atoms with Gasteiger partial charge in [0, 0.05) is 23.9 Å². The smallest absolute Gasteiger partial charge is 0.125 e. The van der Waals surface area contributed by atoms with E-state index in [1.165, 1.54) is 5.56 Å². The van der Waals surface area contributed by atoms with Crippen LogP contribution in [-0.2, 0) is 6.42 Å². The number of rotatable bonds is 9. The summed E-state index contributed by atoms with van der Waals surface area (Å²) < 4.78 is 6.02. The van der Waals surface area contributed by atoms with Gasteiger partial charge in [0.25, 0.3) is 0 Å². The molecule has 0 aliphatic carbocycles. The normalized spacial score (nSPS) is 10.8. The number of aromatic nitrogens is 1. The van der Waals surface area contributed by atoms with Crippen LogP contribution in [0.4, 0.5) is 5.82 Å². The average molecular weight is 413 g/mol. The number of hydrogen-bond donors (Lipinski definition) is 1. The van der Waals surface area contributed by atoms with E-state index in [2.05, 4.69) is 61.1 Å². The molecule has 1 aromatic heterocycles. The zero-order valence-corrected chi connectivity index (χ0v) is 18.8. The van der Waals surface area contributed by atoms with E-state index in [0.717, 1.165) is 48.5 Å². The van der Waals surface area contributed by atoms with Crippen LogP contribution in [0.25, 0.3) is 0 Å². The van der Waals surface area contributed by atoms with E-state index in [0.29, 0.717) is 6.61 Å². The van der Waals surface area contributed by atoms with Crippen molar-refractivity contribution in [2.75, 3.05) is 18.5 Å². The Balaban J connectivity index is 1.66. The Hall–Kier alpha value is -3.25. The molecule has 2 aromatic carbocycles. The molecule has 160 valence electrons. The van der Waals surface area contributed by atoms with Crippen molar-refractivity contribution < 1.29 is 4.74 Å². The molecule has 1 heterocycles. The minimum atomic E-state index is 0.239. The molecule has 3 heteroatoms. The number of ether oxygens (including phenoxy) is 1. The van der Waals surface area contributed by atoms with Crippen LogP contribution in [0.15, 0.2) is 72.9 Å². The molecule has 0 aliphatic heterocycles. The van der Waals surface area contributed by atoms with Gasteiger partial charge in [0.1, 0.15) is 11.6 Å². The fraction of sp³-hybridized carbons (Fsp3) is 0.321. The Morgan fingerprint density at radius 2 is 1.77 bits per heavy atom. The lowest BCUT2D eigenvalue weighted by Gasteiger charge is -2.23. The Morgan fingerprint density at radius 1 is 0.968 bits per heavy atom. The molecule has 31 heavy (non-hydrogen) atoms. The zero-order valence-electron chi connectivity index (χ0n) is 18.8. The molecule has 0 aliphatic rings. The summed E-state index contributed by atoms with van der Waals surface area (Å²) in [5, 5.41) is 3.31. The van der Waals surface area contributed by atoms with Crippen LogP contribution in [0.1, 0.15) is 50.3 Å². The van der Waals surface area contributed by atoms with Crippen LogP contribution in [0.2, 0.25) is 0 Å². The zero-order chi connectivity index (χ0) is 21.9. The fourth-order valence-corrected chi connectivity index (χ4v) is 3.16. The SMILES string of the molecule is CCC(C)(C)Cc1ccc(OCCCNc2ccccn2)cc1C#Cc1ccccc1. The summed E-state index contributed by atoms with van der Waals surface area (Å²) in [6, 6.07) is 22.3. The van der Waals surface area contributed by atoms with Crippen LogP contribution < -0.4 is 10.1 Å². The molecule has 0 unspecified atom stereocenters. The molecule has 0 bridgehead atoms. The molecule has 3 nitrogen and oxygen atoms in total. The standard InChI is InChI=1S/C28H32N2O/c1-4-28(2,3)22-25-16-17-26(21-24(25)15-14-23-11-6-5-7-12-23)31-20-10-19-30-27-13-8-9-18-29-27/h5-9,11-13,16-18,21H,4,10,19-20,22H2,1-3H3,(H,29,30). The van der Waals surface area contributed by atoms with Crippen LogP contribution >= 0.6 is 0 Å². The Morgan fingerprint density at radius 3 is 2.52 bits per heavy atom. The molecule has 0 fully saturated rings. The highest BCUT2D eigenvalue weighted by Crippen LogP contribution is 2.28. The van der Waals surface area contributed by atoms with E-state index in [4.69, 9.17) is 4.74 Å². The highest BCUT2D eigenvalue weighted by molar-refractivity contribution is 5.49. The maximum Gasteiger partial charge on any atom is 0.125 e. The van der Waals surface area contributed by atoms with Crippen molar-refractivity contribution in [3.05, 3.63) is 89.6 Å². The first kappa shape index (κ1) is 22.4. The van der Waals surface area contributed by atoms with E-state index < -0.39 is 0 Å². The molecule has 3 rings (SSSR count). The average Bonchev–Trinajstić information content (AvgIpc) is 2.80. The van der Waals surface area contributed by atoms with Gasteiger partial charge < -0.3 is 10.1 Å². The summed E-state index contributed by atoms with van der Waals surface area (Å²) >= 11 is 0. The van der Waals surface area contributed by atoms with Crippen molar-refractivity contribution in [3.63, 3.8) is 0 Å². The summed E-state index contributed by atoms with van der Waals surface area (Å²) in [5.74, 6) is 8.45. The topological polar surface area (TPSA) is 34.1 Å². The quantitative estimate of drug-likeness (QED) is 0.329. The van der Waals surface area contributed by atoms with Crippen molar-refractivity contribution in [1.29, 1.82) is 0 Å². The molecule has 0 spiro atoms. The van der Waals surface area contributed by atoms with Crippen molar-refractivity contribution in [1.82, 2.24) is 4.98 Å². The lowest BCUT2D eigenvalue weighted by atomic mass is 9.82. The lowest BCUT2D eigenvalue weighted by Crippen LogP contribution is -2.14. The number of hydrogen-bond acceptors (Lipinski definition) is 3. The summed E-state index contributed by atoms with van der Waals surface area (Å²) in [7, 11) is 0. The highest BCUT2D eigenvalue weighted by atomic mass is 16.5. The van der Waals surface area contributed by atoms with E-state index in [9.17, 15) is 0 Å². The minimum absolute atomic E-state index is 0.239. The van der Waals surface area contributed by atoms with Gasteiger partial charge >= 0.3 is 0 Å². The van der Waals surface area contributed by atoms with Gasteiger partial charge in [-0.05, 0) is 60.2 Å². The van der Waals surface area contributed by atoms with E-state index in [-0.39, 0.29) is 5.41 Å². The fourth-order valence-electron chi connectivity index (χ4n) is 3.16. The molecule has 0 radical (unpaired) electrons. The number of benzene rings is 2. The summed E-state index contributed by atoms with van der Waals surface area (Å²) in [6.45, 7) is 8.32. The number of nitrogens with one attached hydrogen (secondary N) is 1. The Labute approximate surface area is 186 Å². The van der Waals surface area contributed by atoms with Gasteiger partial charge in [0.2, 0.25) is 0 Å². The second-order valence-corrected chi connectivity index (χ2v) is 8.47. The summed E-state index contributed by atoms with van der Waals surface area (Å²) in [4.78, 5) is 4.27. The molecule has 0 saturated carbocycles. The van der Waals surface area contributed by atoms with Crippen LogP contribution in [0, 0.1) is 17.3 Å². The predicted molar refractivity (Wildman–Crippen MR) is 129 cm³/mol. The van der Waals surface area contributed by atoms with Gasteiger partial charge in [-0.3, -0.25) is 0 Å². The highest BCUT2D eigenvalue weighted by Gasteiger charge is 2.17. The Kier molecular flexibility index (Phi) is 8.12. The first-order valence-corrected chi connectivity index (χ1v) is 11.0. The van der Waals surface area contributed by atoms with E-state index in [1.54, 1.807) is 6.20 Å². The van der Waals surface area contributed by atoms with Gasteiger partial charge in [-0.25, -0.2) is 4.98 Å². The molecule has 0 atom stereocenters. The third-order valence-electron chi connectivity index (χ3n) is 5.38. The first-order valence-electron chi connectivity index (χ1n) is 11.0. The number of nitrogens with zero attached hydrogens (tertiary/aromatic N) is 1. The molecular formula is C28H32N2O. The minimum Gasteiger partial charge on any atom is -0.493 e. The first-order chi connectivity index (χ1) is 15.1.